The van der Waals surface area contributed by atoms with Crippen LogP contribution >= 0.6 is 0 Å². The molecule has 0 amide bonds. The quantitative estimate of drug-likeness (QED) is 0.577. The van der Waals surface area contributed by atoms with Crippen LogP contribution in [-0.4, -0.2) is 25.4 Å². The molecule has 0 spiro atoms. The van der Waals surface area contributed by atoms with Crippen molar-refractivity contribution in [2.75, 3.05) is 19.6 Å². The minimum absolute atomic E-state index is 0.690. The average Bonchev–Trinajstić information content (AvgIpc) is 2.61. The molecule has 116 valence electrons. The fourth-order valence-electron chi connectivity index (χ4n) is 2.21. The molecule has 3 rings (SSSR count). The van der Waals surface area contributed by atoms with Gasteiger partial charge in [0.2, 0.25) is 0 Å². The van der Waals surface area contributed by atoms with E-state index in [0.717, 1.165) is 28.0 Å². The number of hydrazone groups is 1. The molecule has 5 nitrogen and oxygen atoms in total. The lowest BCUT2D eigenvalue weighted by Crippen LogP contribution is -1.95. The van der Waals surface area contributed by atoms with E-state index in [1.165, 1.54) is 0 Å². The van der Waals surface area contributed by atoms with Crippen LogP contribution < -0.4 is 14.9 Å². The van der Waals surface area contributed by atoms with Crippen LogP contribution in [0.25, 0.3) is 10.9 Å². The maximum atomic E-state index is 5.24. The average molecular weight is 307 g/mol. The fraction of sp³-hybridized carbons (Fsp3) is 0.111. The van der Waals surface area contributed by atoms with Gasteiger partial charge in [-0.3, -0.25) is 5.43 Å². The topological polar surface area (TPSA) is 55.7 Å². The molecule has 3 aromatic rings. The van der Waals surface area contributed by atoms with Crippen molar-refractivity contribution in [3.05, 3.63) is 60.2 Å². The maximum Gasteiger partial charge on any atom is 0.146 e. The van der Waals surface area contributed by atoms with E-state index in [2.05, 4.69) is 15.5 Å². The minimum atomic E-state index is 0.690. The first-order chi connectivity index (χ1) is 11.3. The van der Waals surface area contributed by atoms with E-state index < -0.39 is 0 Å². The zero-order chi connectivity index (χ0) is 16.1. The van der Waals surface area contributed by atoms with Crippen LogP contribution in [0.5, 0.6) is 11.5 Å². The highest BCUT2D eigenvalue weighted by molar-refractivity contribution is 5.82. The van der Waals surface area contributed by atoms with Crippen molar-refractivity contribution in [1.82, 2.24) is 4.98 Å². The fourth-order valence-corrected chi connectivity index (χ4v) is 2.21. The summed E-state index contributed by atoms with van der Waals surface area (Å²) in [5, 5.41) is 5.32. The molecule has 0 aliphatic carbocycles. The monoisotopic (exact) mass is 307 g/mol. The normalized spacial score (nSPS) is 10.9. The van der Waals surface area contributed by atoms with Crippen molar-refractivity contribution in [2.24, 2.45) is 5.10 Å². The Hall–Kier alpha value is -3.08. The summed E-state index contributed by atoms with van der Waals surface area (Å²) >= 11 is 0. The van der Waals surface area contributed by atoms with Crippen molar-refractivity contribution in [2.45, 2.75) is 0 Å². The van der Waals surface area contributed by atoms with Crippen LogP contribution in [0.1, 0.15) is 5.56 Å². The predicted octanol–water partition coefficient (Wildman–Crippen LogP) is 3.70. The molecule has 0 unspecified atom stereocenters. The van der Waals surface area contributed by atoms with Gasteiger partial charge in [-0.25, -0.2) is 4.98 Å². The Morgan fingerprint density at radius 3 is 2.43 bits per heavy atom. The van der Waals surface area contributed by atoms with Gasteiger partial charge in [-0.2, -0.15) is 5.10 Å². The minimum Gasteiger partial charge on any atom is -0.497 e. The molecule has 0 aliphatic heterocycles. The van der Waals surface area contributed by atoms with E-state index in [0.29, 0.717) is 5.82 Å². The number of methoxy groups -OCH3 is 2. The van der Waals surface area contributed by atoms with E-state index in [-0.39, 0.29) is 0 Å². The van der Waals surface area contributed by atoms with Gasteiger partial charge >= 0.3 is 0 Å². The Labute approximate surface area is 134 Å². The molecule has 5 heteroatoms. The van der Waals surface area contributed by atoms with Crippen LogP contribution in [0.4, 0.5) is 5.82 Å². The van der Waals surface area contributed by atoms with Gasteiger partial charge < -0.3 is 9.47 Å². The lowest BCUT2D eigenvalue weighted by Gasteiger charge is -2.05. The van der Waals surface area contributed by atoms with Gasteiger partial charge in [-0.1, -0.05) is 18.2 Å². The van der Waals surface area contributed by atoms with Crippen molar-refractivity contribution >= 4 is 22.9 Å². The highest BCUT2D eigenvalue weighted by Gasteiger charge is 2.00. The van der Waals surface area contributed by atoms with Crippen molar-refractivity contribution in [3.63, 3.8) is 0 Å². The Balaban J connectivity index is 1.77. The third kappa shape index (κ3) is 3.58. The van der Waals surface area contributed by atoms with Crippen LogP contribution in [-0.2, 0) is 0 Å². The molecular formula is C18H17N3O2. The Morgan fingerprint density at radius 1 is 0.957 bits per heavy atom. The van der Waals surface area contributed by atoms with E-state index >= 15 is 0 Å². The second kappa shape index (κ2) is 6.79. The van der Waals surface area contributed by atoms with Crippen LogP contribution in [0.2, 0.25) is 0 Å². The molecule has 1 aromatic heterocycles. The van der Waals surface area contributed by atoms with Crippen LogP contribution in [0.15, 0.2) is 59.7 Å². The molecule has 0 bridgehead atoms. The van der Waals surface area contributed by atoms with E-state index in [4.69, 9.17) is 9.47 Å². The highest BCUT2D eigenvalue weighted by Crippen LogP contribution is 2.21. The van der Waals surface area contributed by atoms with Gasteiger partial charge in [0, 0.05) is 17.0 Å². The summed E-state index contributed by atoms with van der Waals surface area (Å²) < 4.78 is 10.5. The molecule has 0 saturated heterocycles. The lowest BCUT2D eigenvalue weighted by atomic mass is 10.2. The Kier molecular flexibility index (Phi) is 4.38. The Bertz CT molecular complexity index is 824. The lowest BCUT2D eigenvalue weighted by molar-refractivity contribution is 0.394. The number of nitrogens with one attached hydrogen (secondary N) is 1. The summed E-state index contributed by atoms with van der Waals surface area (Å²) in [5.74, 6) is 2.12. The summed E-state index contributed by atoms with van der Waals surface area (Å²) in [6.07, 6.45) is 1.70. The van der Waals surface area contributed by atoms with Gasteiger partial charge in [0.1, 0.15) is 17.3 Å². The van der Waals surface area contributed by atoms with Crippen LogP contribution in [0.3, 0.4) is 0 Å². The van der Waals surface area contributed by atoms with Gasteiger partial charge in [0.05, 0.1) is 26.0 Å². The number of nitrogens with zero attached hydrogens (tertiary/aromatic N) is 2. The first-order valence-electron chi connectivity index (χ1n) is 7.16. The predicted molar refractivity (Wildman–Crippen MR) is 92.5 cm³/mol. The smallest absolute Gasteiger partial charge is 0.146 e. The molecule has 0 radical (unpaired) electrons. The standard InChI is InChI=1S/C18H17N3O2/c1-22-15-9-13(10-16(11-15)23-2)12-19-21-18-8-7-14-5-3-4-6-17(14)20-18/h3-12H,1-2H3,(H,20,21)/b19-12+. The summed E-state index contributed by atoms with van der Waals surface area (Å²) in [7, 11) is 3.24. The molecule has 0 saturated carbocycles. The van der Waals surface area contributed by atoms with Crippen molar-refractivity contribution in [1.29, 1.82) is 0 Å². The summed E-state index contributed by atoms with van der Waals surface area (Å²) in [6, 6.07) is 17.4. The van der Waals surface area contributed by atoms with Gasteiger partial charge in [-0.15, -0.1) is 0 Å². The molecule has 23 heavy (non-hydrogen) atoms. The highest BCUT2D eigenvalue weighted by atomic mass is 16.5. The van der Waals surface area contributed by atoms with E-state index in [1.807, 2.05) is 54.6 Å². The zero-order valence-corrected chi connectivity index (χ0v) is 13.0. The van der Waals surface area contributed by atoms with Gasteiger partial charge in [-0.05, 0) is 30.3 Å². The van der Waals surface area contributed by atoms with Gasteiger partial charge in [0.15, 0.2) is 0 Å². The summed E-state index contributed by atoms with van der Waals surface area (Å²) in [6.45, 7) is 0. The van der Waals surface area contributed by atoms with Crippen molar-refractivity contribution in [3.8, 4) is 11.5 Å². The summed E-state index contributed by atoms with van der Waals surface area (Å²) in [4.78, 5) is 4.50. The van der Waals surface area contributed by atoms with Crippen LogP contribution in [0, 0.1) is 0 Å². The summed E-state index contributed by atoms with van der Waals surface area (Å²) in [5.41, 5.74) is 4.73. The number of hydrogen-bond acceptors (Lipinski definition) is 5. The van der Waals surface area contributed by atoms with Crippen molar-refractivity contribution < 1.29 is 9.47 Å². The molecular weight excluding hydrogens is 290 g/mol. The first-order valence-corrected chi connectivity index (χ1v) is 7.16. The number of para-hydroxylation sites is 1. The number of fused-ring (bicyclic) bond motifs is 1. The zero-order valence-electron chi connectivity index (χ0n) is 13.0. The number of rotatable bonds is 5. The number of benzene rings is 2. The molecule has 1 heterocycles. The molecule has 0 fully saturated rings. The largest absolute Gasteiger partial charge is 0.497 e. The molecule has 0 atom stereocenters. The number of aromatic nitrogens is 1. The van der Waals surface area contributed by atoms with E-state index in [9.17, 15) is 0 Å². The second-order valence-corrected chi connectivity index (χ2v) is 4.91. The number of hydrogen-bond donors (Lipinski definition) is 1. The Morgan fingerprint density at radius 2 is 1.70 bits per heavy atom. The maximum absolute atomic E-state index is 5.24. The third-order valence-electron chi connectivity index (χ3n) is 3.36. The molecule has 2 aromatic carbocycles. The number of pyridine rings is 1. The SMILES string of the molecule is COc1cc(/C=N/Nc2ccc3ccccc3n2)cc(OC)c1. The van der Waals surface area contributed by atoms with Gasteiger partial charge in [0.25, 0.3) is 0 Å². The third-order valence-corrected chi connectivity index (χ3v) is 3.36. The second-order valence-electron chi connectivity index (χ2n) is 4.91. The number of ether oxygens (including phenoxy) is 2. The molecule has 1 N–H and O–H groups in total. The molecule has 0 aliphatic rings. The first kappa shape index (κ1) is 14.8. The van der Waals surface area contributed by atoms with E-state index in [1.54, 1.807) is 20.4 Å². The number of anilines is 1.